The number of carbonyl (C=O) groups excluding carboxylic acids is 1. The quantitative estimate of drug-likeness (QED) is 0.838. The van der Waals surface area contributed by atoms with E-state index in [0.29, 0.717) is 12.3 Å². The molecule has 0 unspecified atom stereocenters. The summed E-state index contributed by atoms with van der Waals surface area (Å²) in [5, 5.41) is 10.9. The van der Waals surface area contributed by atoms with Crippen molar-refractivity contribution in [3.05, 3.63) is 40.9 Å². The SMILES string of the molecule is O=C(CCc1ccccc1)N1CCN(c2nnc(C3CC3)s2)CC1. The highest BCUT2D eigenvalue weighted by Crippen LogP contribution is 2.42. The number of hydrogen-bond donors (Lipinski definition) is 0. The average molecular weight is 342 g/mol. The number of carbonyl (C=O) groups is 1. The summed E-state index contributed by atoms with van der Waals surface area (Å²) in [6, 6.07) is 10.2. The molecule has 1 aromatic heterocycles. The van der Waals surface area contributed by atoms with Crippen molar-refractivity contribution in [2.75, 3.05) is 31.1 Å². The Bertz CT molecular complexity index is 690. The normalized spacial score (nSPS) is 18.0. The van der Waals surface area contributed by atoms with Crippen LogP contribution in [-0.4, -0.2) is 47.2 Å². The predicted molar refractivity (Wildman–Crippen MR) is 95.4 cm³/mol. The molecule has 24 heavy (non-hydrogen) atoms. The molecule has 126 valence electrons. The summed E-state index contributed by atoms with van der Waals surface area (Å²) in [5.41, 5.74) is 1.23. The highest BCUT2D eigenvalue weighted by atomic mass is 32.1. The molecule has 1 saturated heterocycles. The molecule has 6 heteroatoms. The van der Waals surface area contributed by atoms with Crippen LogP contribution in [0.1, 0.15) is 35.8 Å². The van der Waals surface area contributed by atoms with Crippen molar-refractivity contribution in [2.24, 2.45) is 0 Å². The van der Waals surface area contributed by atoms with Crippen LogP contribution in [0.15, 0.2) is 30.3 Å². The second-order valence-electron chi connectivity index (χ2n) is 6.55. The van der Waals surface area contributed by atoms with Crippen molar-refractivity contribution in [3.8, 4) is 0 Å². The predicted octanol–water partition coefficient (Wildman–Crippen LogP) is 2.70. The van der Waals surface area contributed by atoms with E-state index in [2.05, 4.69) is 27.2 Å². The fourth-order valence-electron chi connectivity index (χ4n) is 3.05. The topological polar surface area (TPSA) is 49.3 Å². The first kappa shape index (κ1) is 15.6. The van der Waals surface area contributed by atoms with Crippen LogP contribution in [0.25, 0.3) is 0 Å². The number of amides is 1. The second-order valence-corrected chi connectivity index (χ2v) is 7.54. The lowest BCUT2D eigenvalue weighted by atomic mass is 10.1. The van der Waals surface area contributed by atoms with Gasteiger partial charge >= 0.3 is 0 Å². The first-order chi connectivity index (χ1) is 11.8. The Morgan fingerprint density at radius 3 is 2.54 bits per heavy atom. The third kappa shape index (κ3) is 3.59. The Morgan fingerprint density at radius 2 is 1.83 bits per heavy atom. The van der Waals surface area contributed by atoms with Gasteiger partial charge in [-0.2, -0.15) is 0 Å². The van der Waals surface area contributed by atoms with E-state index in [9.17, 15) is 4.79 Å². The monoisotopic (exact) mass is 342 g/mol. The van der Waals surface area contributed by atoms with Gasteiger partial charge in [0, 0.05) is 38.5 Å². The lowest BCUT2D eigenvalue weighted by molar-refractivity contribution is -0.131. The van der Waals surface area contributed by atoms with Crippen LogP contribution in [0.4, 0.5) is 5.13 Å². The smallest absolute Gasteiger partial charge is 0.223 e. The average Bonchev–Trinajstić information content (AvgIpc) is 3.38. The largest absolute Gasteiger partial charge is 0.343 e. The molecular formula is C18H22N4OS. The molecule has 0 N–H and O–H groups in total. The second kappa shape index (κ2) is 6.89. The van der Waals surface area contributed by atoms with Crippen LogP contribution in [0.3, 0.4) is 0 Å². The fourth-order valence-corrected chi connectivity index (χ4v) is 4.12. The highest BCUT2D eigenvalue weighted by molar-refractivity contribution is 7.15. The van der Waals surface area contributed by atoms with Crippen LogP contribution >= 0.6 is 11.3 Å². The first-order valence-corrected chi connectivity index (χ1v) is 9.51. The molecule has 2 aliphatic rings. The summed E-state index contributed by atoms with van der Waals surface area (Å²) in [7, 11) is 0. The van der Waals surface area contributed by atoms with Gasteiger partial charge in [-0.25, -0.2) is 0 Å². The molecule has 5 nitrogen and oxygen atoms in total. The summed E-state index contributed by atoms with van der Waals surface area (Å²) in [4.78, 5) is 16.7. The van der Waals surface area contributed by atoms with Gasteiger partial charge in [-0.05, 0) is 24.8 Å². The van der Waals surface area contributed by atoms with Gasteiger partial charge in [0.1, 0.15) is 5.01 Å². The van der Waals surface area contributed by atoms with Crippen molar-refractivity contribution < 1.29 is 4.79 Å². The van der Waals surface area contributed by atoms with Crippen LogP contribution in [0, 0.1) is 0 Å². The van der Waals surface area contributed by atoms with Gasteiger partial charge in [0.2, 0.25) is 11.0 Å². The van der Waals surface area contributed by atoms with Crippen LogP contribution in [0.5, 0.6) is 0 Å². The van der Waals surface area contributed by atoms with Gasteiger partial charge in [0.15, 0.2) is 0 Å². The molecule has 2 aromatic rings. The van der Waals surface area contributed by atoms with Gasteiger partial charge in [-0.1, -0.05) is 41.7 Å². The van der Waals surface area contributed by atoms with E-state index in [0.717, 1.165) is 37.7 Å². The zero-order valence-corrected chi connectivity index (χ0v) is 14.5. The third-order valence-electron chi connectivity index (χ3n) is 4.73. The summed E-state index contributed by atoms with van der Waals surface area (Å²) in [6.45, 7) is 3.28. The van der Waals surface area contributed by atoms with Crippen molar-refractivity contribution in [2.45, 2.75) is 31.6 Å². The Balaban J connectivity index is 1.26. The Morgan fingerprint density at radius 1 is 1.08 bits per heavy atom. The molecule has 4 rings (SSSR count). The molecular weight excluding hydrogens is 320 g/mol. The van der Waals surface area contributed by atoms with E-state index < -0.39 is 0 Å². The zero-order chi connectivity index (χ0) is 16.4. The summed E-state index contributed by atoms with van der Waals surface area (Å²) >= 11 is 1.73. The molecule has 1 aliphatic heterocycles. The van der Waals surface area contributed by atoms with E-state index >= 15 is 0 Å². The molecule has 0 radical (unpaired) electrons. The minimum absolute atomic E-state index is 0.259. The van der Waals surface area contributed by atoms with E-state index in [-0.39, 0.29) is 5.91 Å². The number of anilines is 1. The van der Waals surface area contributed by atoms with Gasteiger partial charge in [-0.3, -0.25) is 4.79 Å². The van der Waals surface area contributed by atoms with Crippen LogP contribution in [-0.2, 0) is 11.2 Å². The Kier molecular flexibility index (Phi) is 4.47. The minimum Gasteiger partial charge on any atom is -0.343 e. The van der Waals surface area contributed by atoms with Crippen LogP contribution < -0.4 is 4.90 Å². The third-order valence-corrected chi connectivity index (χ3v) is 5.88. The van der Waals surface area contributed by atoms with Crippen molar-refractivity contribution in [3.63, 3.8) is 0 Å². The summed E-state index contributed by atoms with van der Waals surface area (Å²) in [5.74, 6) is 0.923. The molecule has 1 aliphatic carbocycles. The maximum absolute atomic E-state index is 12.4. The molecule has 2 fully saturated rings. The van der Waals surface area contributed by atoms with E-state index in [4.69, 9.17) is 0 Å². The number of piperazine rings is 1. The summed E-state index contributed by atoms with van der Waals surface area (Å²) < 4.78 is 0. The van der Waals surface area contributed by atoms with Gasteiger partial charge in [-0.15, -0.1) is 10.2 Å². The lowest BCUT2D eigenvalue weighted by Gasteiger charge is -2.34. The highest BCUT2D eigenvalue weighted by Gasteiger charge is 2.29. The van der Waals surface area contributed by atoms with Gasteiger partial charge in [0.25, 0.3) is 0 Å². The summed E-state index contributed by atoms with van der Waals surface area (Å²) in [6.07, 6.45) is 3.94. The maximum Gasteiger partial charge on any atom is 0.223 e. The molecule has 1 amide bonds. The van der Waals surface area contributed by atoms with Crippen molar-refractivity contribution >= 4 is 22.4 Å². The molecule has 1 saturated carbocycles. The number of rotatable bonds is 5. The number of aryl methyl sites for hydroxylation is 1. The molecule has 0 spiro atoms. The van der Waals surface area contributed by atoms with E-state index in [1.165, 1.54) is 23.4 Å². The number of aromatic nitrogens is 2. The zero-order valence-electron chi connectivity index (χ0n) is 13.7. The van der Waals surface area contributed by atoms with Crippen molar-refractivity contribution in [1.82, 2.24) is 15.1 Å². The maximum atomic E-state index is 12.4. The number of benzene rings is 1. The fraction of sp³-hybridized carbons (Fsp3) is 0.500. The van der Waals surface area contributed by atoms with Gasteiger partial charge < -0.3 is 9.80 Å². The van der Waals surface area contributed by atoms with Crippen molar-refractivity contribution in [1.29, 1.82) is 0 Å². The Hall–Kier alpha value is -1.95. The number of hydrogen-bond acceptors (Lipinski definition) is 5. The standard InChI is InChI=1S/C18H22N4OS/c23-16(9-6-14-4-2-1-3-5-14)21-10-12-22(13-11-21)18-20-19-17(24-18)15-7-8-15/h1-5,15H,6-13H2. The number of nitrogens with zero attached hydrogens (tertiary/aromatic N) is 4. The molecule has 2 heterocycles. The van der Waals surface area contributed by atoms with Gasteiger partial charge in [0.05, 0.1) is 0 Å². The molecule has 0 atom stereocenters. The molecule has 0 bridgehead atoms. The van der Waals surface area contributed by atoms with Crippen LogP contribution in [0.2, 0.25) is 0 Å². The van der Waals surface area contributed by atoms with E-state index in [1.807, 2.05) is 23.1 Å². The van der Waals surface area contributed by atoms with E-state index in [1.54, 1.807) is 11.3 Å². The Labute approximate surface area is 146 Å². The lowest BCUT2D eigenvalue weighted by Crippen LogP contribution is -2.48. The molecule has 1 aromatic carbocycles. The first-order valence-electron chi connectivity index (χ1n) is 8.69. The minimum atomic E-state index is 0.259.